The van der Waals surface area contributed by atoms with Crippen molar-refractivity contribution in [2.75, 3.05) is 5.32 Å². The fraction of sp³-hybridized carbons (Fsp3) is 0.0714. The summed E-state index contributed by atoms with van der Waals surface area (Å²) in [7, 11) is 0. The predicted molar refractivity (Wildman–Crippen MR) is 85.4 cm³/mol. The molecule has 0 heterocycles. The molecular weight excluding hydrogens is 361 g/mol. The van der Waals surface area contributed by atoms with Crippen LogP contribution in [0.2, 0.25) is 5.02 Å². The number of hydrogen-bond acceptors (Lipinski definition) is 3. The number of amidine groups is 1. The lowest BCUT2D eigenvalue weighted by molar-refractivity contribution is 0.318. The van der Waals surface area contributed by atoms with Crippen LogP contribution in [-0.4, -0.2) is 11.0 Å². The second-order valence-corrected chi connectivity index (χ2v) is 5.58. The molecule has 0 amide bonds. The van der Waals surface area contributed by atoms with E-state index in [9.17, 15) is 4.39 Å². The molecule has 0 bridgehead atoms. The highest BCUT2D eigenvalue weighted by molar-refractivity contribution is 9.10. The van der Waals surface area contributed by atoms with Crippen molar-refractivity contribution in [2.45, 2.75) is 6.54 Å². The monoisotopic (exact) mass is 371 g/mol. The summed E-state index contributed by atoms with van der Waals surface area (Å²) in [5.74, 6) is -0.585. The fourth-order valence-electron chi connectivity index (χ4n) is 1.77. The molecule has 4 nitrogen and oxygen atoms in total. The van der Waals surface area contributed by atoms with Crippen LogP contribution in [0.5, 0.6) is 0 Å². The Kier molecular flexibility index (Phi) is 5.03. The van der Waals surface area contributed by atoms with Crippen LogP contribution in [0.15, 0.2) is 46.0 Å². The third-order valence-corrected chi connectivity index (χ3v) is 3.99. The molecule has 0 saturated heterocycles. The highest BCUT2D eigenvalue weighted by Crippen LogP contribution is 2.25. The quantitative estimate of drug-likeness (QED) is 0.329. The third kappa shape index (κ3) is 4.09. The smallest absolute Gasteiger partial charge is 0.170 e. The van der Waals surface area contributed by atoms with E-state index in [1.54, 1.807) is 12.1 Å². The van der Waals surface area contributed by atoms with E-state index in [0.29, 0.717) is 22.7 Å². The Labute approximate surface area is 134 Å². The van der Waals surface area contributed by atoms with Gasteiger partial charge in [0.05, 0.1) is 5.02 Å². The van der Waals surface area contributed by atoms with Crippen LogP contribution in [-0.2, 0) is 6.54 Å². The van der Waals surface area contributed by atoms with Gasteiger partial charge < -0.3 is 16.3 Å². The minimum absolute atomic E-state index is 0.134. The molecule has 0 aliphatic carbocycles. The molecule has 0 aromatic heterocycles. The molecule has 2 rings (SSSR count). The molecule has 0 atom stereocenters. The van der Waals surface area contributed by atoms with E-state index in [-0.39, 0.29) is 5.84 Å². The van der Waals surface area contributed by atoms with Gasteiger partial charge >= 0.3 is 0 Å². The van der Waals surface area contributed by atoms with E-state index in [1.807, 2.05) is 12.1 Å². The average Bonchev–Trinajstić information content (AvgIpc) is 2.47. The number of rotatable bonds is 4. The maximum atomic E-state index is 13.5. The van der Waals surface area contributed by atoms with Gasteiger partial charge in [-0.2, -0.15) is 0 Å². The average molecular weight is 373 g/mol. The van der Waals surface area contributed by atoms with Crippen molar-refractivity contribution in [3.63, 3.8) is 0 Å². The molecule has 7 heteroatoms. The number of halogens is 3. The van der Waals surface area contributed by atoms with Crippen LogP contribution in [0.3, 0.4) is 0 Å². The summed E-state index contributed by atoms with van der Waals surface area (Å²) < 4.78 is 14.3. The van der Waals surface area contributed by atoms with Crippen LogP contribution < -0.4 is 11.1 Å². The molecule has 0 aliphatic heterocycles. The molecule has 21 heavy (non-hydrogen) atoms. The first-order chi connectivity index (χ1) is 9.99. The Bertz CT molecular complexity index is 694. The van der Waals surface area contributed by atoms with Crippen molar-refractivity contribution < 1.29 is 9.60 Å². The highest BCUT2D eigenvalue weighted by atomic mass is 79.9. The van der Waals surface area contributed by atoms with Crippen molar-refractivity contribution in [1.82, 2.24) is 0 Å². The number of nitrogens with one attached hydrogen (secondary N) is 1. The Morgan fingerprint density at radius 3 is 2.76 bits per heavy atom. The summed E-state index contributed by atoms with van der Waals surface area (Å²) >= 11 is 9.25. The van der Waals surface area contributed by atoms with E-state index in [2.05, 4.69) is 26.4 Å². The van der Waals surface area contributed by atoms with E-state index < -0.39 is 5.82 Å². The first-order valence-electron chi connectivity index (χ1n) is 5.96. The van der Waals surface area contributed by atoms with Gasteiger partial charge in [0.1, 0.15) is 5.82 Å². The summed E-state index contributed by atoms with van der Waals surface area (Å²) in [6, 6.07) is 9.63. The van der Waals surface area contributed by atoms with Crippen molar-refractivity contribution in [3.8, 4) is 0 Å². The lowest BCUT2D eigenvalue weighted by atomic mass is 10.1. The number of oxime groups is 1. The van der Waals surface area contributed by atoms with Crippen LogP contribution in [0.4, 0.5) is 10.1 Å². The zero-order valence-electron chi connectivity index (χ0n) is 10.8. The van der Waals surface area contributed by atoms with Crippen molar-refractivity contribution >= 4 is 39.1 Å². The standard InChI is InChI=1S/C14H12BrClFN3O/c15-12-6-11(1-2-13(12)16)19-7-8-3-9(14(18)20-21)5-10(17)4-8/h1-6,19,21H,7H2,(H2,18,20). The summed E-state index contributed by atoms with van der Waals surface area (Å²) in [6.07, 6.45) is 0. The third-order valence-electron chi connectivity index (χ3n) is 2.78. The maximum absolute atomic E-state index is 13.5. The van der Waals surface area contributed by atoms with Gasteiger partial charge in [-0.25, -0.2) is 4.39 Å². The predicted octanol–water partition coefficient (Wildman–Crippen LogP) is 3.95. The molecule has 0 radical (unpaired) electrons. The molecule has 0 unspecified atom stereocenters. The summed E-state index contributed by atoms with van der Waals surface area (Å²) in [5, 5.41) is 15.3. The molecule has 0 saturated carbocycles. The zero-order valence-corrected chi connectivity index (χ0v) is 13.1. The number of benzene rings is 2. The lowest BCUT2D eigenvalue weighted by Gasteiger charge is -2.09. The molecule has 4 N–H and O–H groups in total. The normalized spacial score (nSPS) is 11.5. The molecule has 0 spiro atoms. The largest absolute Gasteiger partial charge is 0.409 e. The van der Waals surface area contributed by atoms with Crippen molar-refractivity contribution in [1.29, 1.82) is 0 Å². The van der Waals surface area contributed by atoms with Crippen LogP contribution in [0.1, 0.15) is 11.1 Å². The van der Waals surface area contributed by atoms with Gasteiger partial charge in [0.25, 0.3) is 0 Å². The first-order valence-corrected chi connectivity index (χ1v) is 7.13. The summed E-state index contributed by atoms with van der Waals surface area (Å²) in [4.78, 5) is 0. The minimum Gasteiger partial charge on any atom is -0.409 e. The Balaban J connectivity index is 2.16. The topological polar surface area (TPSA) is 70.6 Å². The van der Waals surface area contributed by atoms with Gasteiger partial charge in [-0.05, 0) is 57.9 Å². The van der Waals surface area contributed by atoms with E-state index in [1.165, 1.54) is 12.1 Å². The second kappa shape index (κ2) is 6.78. The number of nitrogens with two attached hydrogens (primary N) is 1. The van der Waals surface area contributed by atoms with Gasteiger partial charge in [-0.15, -0.1) is 0 Å². The Morgan fingerprint density at radius 1 is 1.33 bits per heavy atom. The Morgan fingerprint density at radius 2 is 2.10 bits per heavy atom. The SMILES string of the molecule is N/C(=N/O)c1cc(F)cc(CNc2ccc(Cl)c(Br)c2)c1. The number of anilines is 1. The second-order valence-electron chi connectivity index (χ2n) is 4.32. The summed E-state index contributed by atoms with van der Waals surface area (Å²) in [6.45, 7) is 0.386. The molecular formula is C14H12BrClFN3O. The van der Waals surface area contributed by atoms with Crippen molar-refractivity contribution in [3.05, 3.63) is 62.8 Å². The molecule has 0 fully saturated rings. The lowest BCUT2D eigenvalue weighted by Crippen LogP contribution is -2.14. The van der Waals surface area contributed by atoms with Gasteiger partial charge in [0.2, 0.25) is 0 Å². The van der Waals surface area contributed by atoms with Gasteiger partial charge in [-0.1, -0.05) is 16.8 Å². The van der Waals surface area contributed by atoms with Crippen LogP contribution in [0, 0.1) is 5.82 Å². The van der Waals surface area contributed by atoms with Crippen molar-refractivity contribution in [2.24, 2.45) is 10.9 Å². The summed E-state index contributed by atoms with van der Waals surface area (Å²) in [5.41, 5.74) is 7.30. The maximum Gasteiger partial charge on any atom is 0.170 e. The van der Waals surface area contributed by atoms with E-state index >= 15 is 0 Å². The van der Waals surface area contributed by atoms with E-state index in [0.717, 1.165) is 10.2 Å². The number of hydrogen-bond donors (Lipinski definition) is 3. The fourth-order valence-corrected chi connectivity index (χ4v) is 2.26. The zero-order chi connectivity index (χ0) is 15.4. The van der Waals surface area contributed by atoms with Gasteiger partial charge in [-0.3, -0.25) is 0 Å². The highest BCUT2D eigenvalue weighted by Gasteiger charge is 2.05. The molecule has 0 aliphatic rings. The van der Waals surface area contributed by atoms with Crippen LogP contribution in [0.25, 0.3) is 0 Å². The van der Waals surface area contributed by atoms with Gasteiger partial charge in [0.15, 0.2) is 5.84 Å². The molecule has 2 aromatic rings. The molecule has 110 valence electrons. The van der Waals surface area contributed by atoms with Gasteiger partial charge in [0, 0.05) is 22.3 Å². The minimum atomic E-state index is -0.451. The Hall–Kier alpha value is -1.79. The number of nitrogens with zero attached hydrogens (tertiary/aromatic N) is 1. The van der Waals surface area contributed by atoms with E-state index in [4.69, 9.17) is 22.5 Å². The first kappa shape index (κ1) is 15.6. The molecule has 2 aromatic carbocycles. The van der Waals surface area contributed by atoms with Crippen LogP contribution >= 0.6 is 27.5 Å².